The topological polar surface area (TPSA) is 83.6 Å². The molecule has 41 heavy (non-hydrogen) atoms. The molecule has 9 nitrogen and oxygen atoms in total. The van der Waals surface area contributed by atoms with E-state index in [0.717, 1.165) is 60.5 Å². The first-order valence-corrected chi connectivity index (χ1v) is 14.3. The minimum atomic E-state index is -0.339. The van der Waals surface area contributed by atoms with Gasteiger partial charge in [0.1, 0.15) is 23.7 Å². The summed E-state index contributed by atoms with van der Waals surface area (Å²) >= 11 is 0. The molecular formula is C31H33FN8O. The standard InChI is InChI=1S/C31H33FN8O/c1-37(18-21-6-3-2-4-7-21)28-16-27(36-30-25(17-34-40(28)30)31(41)35-22-9-10-22)26-20-39(29-24(26)8-5-13-33-29)23-11-14-38(19-23)15-12-32/h2-8,13,16-17,20,22-23H,9-12,14-15,18-19H2,1H3,(H,35,41)/t23-/m1/s1. The second-order valence-electron chi connectivity index (χ2n) is 11.1. The summed E-state index contributed by atoms with van der Waals surface area (Å²) in [6.45, 7) is 2.43. The monoisotopic (exact) mass is 552 g/mol. The number of nitrogens with zero attached hydrogens (tertiary/aromatic N) is 7. The quantitative estimate of drug-likeness (QED) is 0.290. The summed E-state index contributed by atoms with van der Waals surface area (Å²) in [5.41, 5.74) is 4.74. The van der Waals surface area contributed by atoms with Gasteiger partial charge in [0.2, 0.25) is 0 Å². The molecule has 1 N–H and O–H groups in total. The molecule has 7 rings (SSSR count). The van der Waals surface area contributed by atoms with Crippen LogP contribution in [0.2, 0.25) is 0 Å². The van der Waals surface area contributed by atoms with Crippen LogP contribution in [-0.4, -0.2) is 74.4 Å². The number of carbonyl (C=O) groups is 1. The van der Waals surface area contributed by atoms with Crippen molar-refractivity contribution in [2.24, 2.45) is 0 Å². The van der Waals surface area contributed by atoms with E-state index in [1.165, 1.54) is 5.56 Å². The molecule has 1 aromatic carbocycles. The number of pyridine rings is 1. The molecule has 10 heteroatoms. The number of rotatable bonds is 9. The lowest BCUT2D eigenvalue weighted by Crippen LogP contribution is -2.25. The van der Waals surface area contributed by atoms with Gasteiger partial charge in [-0.05, 0) is 37.0 Å². The van der Waals surface area contributed by atoms with E-state index in [2.05, 4.69) is 49.2 Å². The van der Waals surface area contributed by atoms with E-state index in [1.54, 1.807) is 10.7 Å². The van der Waals surface area contributed by atoms with Crippen molar-refractivity contribution < 1.29 is 9.18 Å². The number of alkyl halides is 1. The van der Waals surface area contributed by atoms with E-state index in [4.69, 9.17) is 9.97 Å². The summed E-state index contributed by atoms with van der Waals surface area (Å²) in [4.78, 5) is 27.3. The number of halogens is 1. The molecule has 1 aliphatic heterocycles. The number of hydrogen-bond donors (Lipinski definition) is 1. The highest BCUT2D eigenvalue weighted by atomic mass is 19.1. The van der Waals surface area contributed by atoms with Gasteiger partial charge in [0, 0.05) is 74.7 Å². The smallest absolute Gasteiger partial charge is 0.256 e. The molecule has 1 amide bonds. The van der Waals surface area contributed by atoms with Gasteiger partial charge in [-0.3, -0.25) is 9.69 Å². The Balaban J connectivity index is 1.35. The van der Waals surface area contributed by atoms with E-state index in [-0.39, 0.29) is 24.7 Å². The number of amides is 1. The maximum Gasteiger partial charge on any atom is 0.256 e. The second kappa shape index (κ2) is 10.6. The zero-order valence-electron chi connectivity index (χ0n) is 23.1. The Morgan fingerprint density at radius 2 is 1.98 bits per heavy atom. The van der Waals surface area contributed by atoms with E-state index in [0.29, 0.717) is 24.3 Å². The van der Waals surface area contributed by atoms with Gasteiger partial charge in [0.05, 0.1) is 11.9 Å². The van der Waals surface area contributed by atoms with Crippen LogP contribution in [-0.2, 0) is 6.54 Å². The lowest BCUT2D eigenvalue weighted by molar-refractivity contribution is 0.0952. The van der Waals surface area contributed by atoms with E-state index >= 15 is 0 Å². The van der Waals surface area contributed by atoms with Crippen LogP contribution >= 0.6 is 0 Å². The molecule has 0 spiro atoms. The van der Waals surface area contributed by atoms with Crippen LogP contribution in [0.3, 0.4) is 0 Å². The number of anilines is 1. The van der Waals surface area contributed by atoms with Crippen molar-refractivity contribution in [3.8, 4) is 11.3 Å². The van der Waals surface area contributed by atoms with Crippen molar-refractivity contribution in [3.63, 3.8) is 0 Å². The molecule has 0 radical (unpaired) electrons. The van der Waals surface area contributed by atoms with E-state index in [1.807, 2.05) is 43.6 Å². The lowest BCUT2D eigenvalue weighted by Gasteiger charge is -2.21. The van der Waals surface area contributed by atoms with Crippen LogP contribution in [0.5, 0.6) is 0 Å². The first-order chi connectivity index (χ1) is 20.1. The molecule has 2 aliphatic rings. The van der Waals surface area contributed by atoms with Gasteiger partial charge in [-0.1, -0.05) is 30.3 Å². The Bertz CT molecular complexity index is 1710. The third-order valence-electron chi connectivity index (χ3n) is 8.17. The van der Waals surface area contributed by atoms with Crippen molar-refractivity contribution in [1.29, 1.82) is 0 Å². The molecule has 1 saturated carbocycles. The number of likely N-dealkylation sites (tertiary alicyclic amines) is 1. The van der Waals surface area contributed by atoms with Gasteiger partial charge in [-0.15, -0.1) is 0 Å². The Kier molecular flexibility index (Phi) is 6.62. The minimum absolute atomic E-state index is 0.146. The van der Waals surface area contributed by atoms with Gasteiger partial charge >= 0.3 is 0 Å². The van der Waals surface area contributed by atoms with Crippen molar-refractivity contribution in [2.75, 3.05) is 38.3 Å². The third-order valence-corrected chi connectivity index (χ3v) is 8.17. The first kappa shape index (κ1) is 25.6. The summed E-state index contributed by atoms with van der Waals surface area (Å²) < 4.78 is 17.0. The molecule has 0 bridgehead atoms. The molecule has 5 heterocycles. The molecule has 1 atom stereocenters. The van der Waals surface area contributed by atoms with Crippen molar-refractivity contribution in [3.05, 3.63) is 78.2 Å². The van der Waals surface area contributed by atoms with E-state index in [9.17, 15) is 9.18 Å². The van der Waals surface area contributed by atoms with E-state index < -0.39 is 0 Å². The number of nitrogens with one attached hydrogen (secondary N) is 1. The largest absolute Gasteiger partial charge is 0.355 e. The Morgan fingerprint density at radius 1 is 1.12 bits per heavy atom. The van der Waals surface area contributed by atoms with Crippen LogP contribution in [0.4, 0.5) is 10.2 Å². The molecular weight excluding hydrogens is 519 g/mol. The normalized spacial score (nSPS) is 17.5. The average Bonchev–Trinajstić information content (AvgIpc) is 3.35. The van der Waals surface area contributed by atoms with Crippen molar-refractivity contribution in [2.45, 2.75) is 37.9 Å². The van der Waals surface area contributed by atoms with Crippen LogP contribution in [0.1, 0.15) is 41.2 Å². The van der Waals surface area contributed by atoms with Gasteiger partial charge in [0.15, 0.2) is 5.65 Å². The highest BCUT2D eigenvalue weighted by Gasteiger charge is 2.29. The number of carbonyl (C=O) groups excluding carboxylic acids is 1. The Labute approximate surface area is 237 Å². The Hall–Kier alpha value is -4.31. The maximum atomic E-state index is 13.2. The lowest BCUT2D eigenvalue weighted by atomic mass is 10.1. The van der Waals surface area contributed by atoms with Crippen LogP contribution < -0.4 is 10.2 Å². The van der Waals surface area contributed by atoms with Gasteiger partial charge in [-0.25, -0.2) is 14.4 Å². The highest BCUT2D eigenvalue weighted by molar-refractivity contribution is 6.01. The molecule has 0 unspecified atom stereocenters. The fraction of sp³-hybridized carbons (Fsp3) is 0.355. The second-order valence-corrected chi connectivity index (χ2v) is 11.1. The molecule has 2 fully saturated rings. The molecule has 1 aliphatic carbocycles. The van der Waals surface area contributed by atoms with Crippen LogP contribution in [0.25, 0.3) is 27.9 Å². The maximum absolute atomic E-state index is 13.2. The molecule has 1 saturated heterocycles. The minimum Gasteiger partial charge on any atom is -0.355 e. The van der Waals surface area contributed by atoms with Gasteiger partial charge in [0.25, 0.3) is 5.91 Å². The summed E-state index contributed by atoms with van der Waals surface area (Å²) in [6.07, 6.45) is 8.50. The summed E-state index contributed by atoms with van der Waals surface area (Å²) in [5, 5.41) is 8.70. The molecule has 210 valence electrons. The first-order valence-electron chi connectivity index (χ1n) is 14.3. The fourth-order valence-corrected chi connectivity index (χ4v) is 5.87. The summed E-state index contributed by atoms with van der Waals surface area (Å²) in [7, 11) is 2.03. The third kappa shape index (κ3) is 4.93. The number of fused-ring (bicyclic) bond motifs is 2. The summed E-state index contributed by atoms with van der Waals surface area (Å²) in [5.74, 6) is 0.686. The summed E-state index contributed by atoms with van der Waals surface area (Å²) in [6, 6.07) is 16.8. The average molecular weight is 553 g/mol. The highest BCUT2D eigenvalue weighted by Crippen LogP contribution is 2.35. The zero-order chi connectivity index (χ0) is 27.9. The van der Waals surface area contributed by atoms with Crippen LogP contribution in [0.15, 0.2) is 67.1 Å². The predicted octanol–water partition coefficient (Wildman–Crippen LogP) is 4.49. The SMILES string of the molecule is CN(Cc1ccccc1)c1cc(-c2cn([C@@H]3CCN(CCF)C3)c3ncccc23)nc2c(C(=O)NC3CC3)cnn12. The van der Waals surface area contributed by atoms with Crippen molar-refractivity contribution >= 4 is 28.4 Å². The number of aromatic nitrogens is 5. The molecule has 4 aromatic heterocycles. The number of benzene rings is 1. The van der Waals surface area contributed by atoms with Gasteiger partial charge < -0.3 is 14.8 Å². The van der Waals surface area contributed by atoms with Crippen molar-refractivity contribution in [1.82, 2.24) is 34.4 Å². The van der Waals surface area contributed by atoms with Gasteiger partial charge in [-0.2, -0.15) is 9.61 Å². The zero-order valence-corrected chi connectivity index (χ0v) is 23.1. The molecule has 5 aromatic rings. The number of hydrogen-bond acceptors (Lipinski definition) is 6. The van der Waals surface area contributed by atoms with Crippen LogP contribution in [0, 0.1) is 0 Å². The Morgan fingerprint density at radius 3 is 2.78 bits per heavy atom. The predicted molar refractivity (Wildman–Crippen MR) is 157 cm³/mol. The fourth-order valence-electron chi connectivity index (χ4n) is 5.87.